The lowest BCUT2D eigenvalue weighted by atomic mass is 10.1. The first kappa shape index (κ1) is 13.8. The van der Waals surface area contributed by atoms with Gasteiger partial charge < -0.3 is 20.3 Å². The summed E-state index contributed by atoms with van der Waals surface area (Å²) < 4.78 is 10.8. The molecule has 4 nitrogen and oxygen atoms in total. The highest BCUT2D eigenvalue weighted by Crippen LogP contribution is 2.28. The van der Waals surface area contributed by atoms with Crippen molar-refractivity contribution in [3.8, 4) is 11.5 Å². The number of nitrogens with two attached hydrogens (primary N) is 1. The summed E-state index contributed by atoms with van der Waals surface area (Å²) >= 11 is 0. The van der Waals surface area contributed by atoms with Gasteiger partial charge in [-0.3, -0.25) is 0 Å². The SMILES string of the molecule is COc1ccc([C@@H](C)N)c(OCCC(C)O)c1. The third-order valence-electron chi connectivity index (χ3n) is 2.50. The Morgan fingerprint density at radius 3 is 2.59 bits per heavy atom. The molecule has 0 aliphatic heterocycles. The molecule has 1 rings (SSSR count). The number of hydrogen-bond donors (Lipinski definition) is 2. The number of rotatable bonds is 6. The fourth-order valence-corrected chi connectivity index (χ4v) is 1.48. The number of benzene rings is 1. The molecule has 0 saturated carbocycles. The van der Waals surface area contributed by atoms with E-state index in [2.05, 4.69) is 0 Å². The minimum Gasteiger partial charge on any atom is -0.497 e. The second-order valence-corrected chi connectivity index (χ2v) is 4.18. The Hall–Kier alpha value is -1.26. The molecule has 2 atom stereocenters. The minimum absolute atomic E-state index is 0.0949. The quantitative estimate of drug-likeness (QED) is 0.795. The van der Waals surface area contributed by atoms with Crippen LogP contribution in [0.15, 0.2) is 18.2 Å². The molecular weight excluding hydrogens is 218 g/mol. The maximum absolute atomic E-state index is 9.18. The summed E-state index contributed by atoms with van der Waals surface area (Å²) in [5, 5.41) is 9.18. The summed E-state index contributed by atoms with van der Waals surface area (Å²) in [5.74, 6) is 1.46. The largest absolute Gasteiger partial charge is 0.497 e. The number of hydrogen-bond acceptors (Lipinski definition) is 4. The van der Waals surface area contributed by atoms with E-state index in [1.807, 2.05) is 25.1 Å². The fourth-order valence-electron chi connectivity index (χ4n) is 1.48. The Balaban J connectivity index is 2.78. The van der Waals surface area contributed by atoms with Gasteiger partial charge in [-0.25, -0.2) is 0 Å². The van der Waals surface area contributed by atoms with Gasteiger partial charge in [0.25, 0.3) is 0 Å². The lowest BCUT2D eigenvalue weighted by molar-refractivity contribution is 0.155. The lowest BCUT2D eigenvalue weighted by Gasteiger charge is -2.15. The van der Waals surface area contributed by atoms with Crippen molar-refractivity contribution in [1.82, 2.24) is 0 Å². The Morgan fingerprint density at radius 2 is 2.06 bits per heavy atom. The third-order valence-corrected chi connectivity index (χ3v) is 2.50. The molecule has 1 unspecified atom stereocenters. The van der Waals surface area contributed by atoms with Crippen molar-refractivity contribution in [2.75, 3.05) is 13.7 Å². The highest BCUT2D eigenvalue weighted by molar-refractivity contribution is 5.42. The van der Waals surface area contributed by atoms with E-state index in [9.17, 15) is 5.11 Å². The standard InChI is InChI=1S/C13H21NO3/c1-9(15)6-7-17-13-8-11(16-3)4-5-12(13)10(2)14/h4-5,8-10,15H,6-7,14H2,1-3H3/t9?,10-/m1/s1. The van der Waals surface area contributed by atoms with Gasteiger partial charge in [-0.15, -0.1) is 0 Å². The van der Waals surface area contributed by atoms with Gasteiger partial charge in [0.05, 0.1) is 19.8 Å². The van der Waals surface area contributed by atoms with E-state index in [1.165, 1.54) is 0 Å². The van der Waals surface area contributed by atoms with Crippen LogP contribution in [0.5, 0.6) is 11.5 Å². The highest BCUT2D eigenvalue weighted by atomic mass is 16.5. The lowest BCUT2D eigenvalue weighted by Crippen LogP contribution is -2.11. The molecule has 0 fully saturated rings. The Labute approximate surface area is 102 Å². The Kier molecular flexibility index (Phi) is 5.25. The van der Waals surface area contributed by atoms with Gasteiger partial charge in [0, 0.05) is 24.1 Å². The first-order valence-corrected chi connectivity index (χ1v) is 5.79. The molecule has 0 radical (unpaired) electrons. The zero-order chi connectivity index (χ0) is 12.8. The Bertz CT molecular complexity index is 351. The van der Waals surface area contributed by atoms with Crippen molar-refractivity contribution in [3.63, 3.8) is 0 Å². The van der Waals surface area contributed by atoms with E-state index < -0.39 is 0 Å². The monoisotopic (exact) mass is 239 g/mol. The highest BCUT2D eigenvalue weighted by Gasteiger charge is 2.10. The van der Waals surface area contributed by atoms with Crippen molar-refractivity contribution in [1.29, 1.82) is 0 Å². The van der Waals surface area contributed by atoms with Crippen LogP contribution in [0.1, 0.15) is 31.9 Å². The van der Waals surface area contributed by atoms with Gasteiger partial charge in [-0.05, 0) is 19.9 Å². The van der Waals surface area contributed by atoms with Crippen molar-refractivity contribution in [3.05, 3.63) is 23.8 Å². The van der Waals surface area contributed by atoms with E-state index in [1.54, 1.807) is 14.0 Å². The van der Waals surface area contributed by atoms with E-state index >= 15 is 0 Å². The number of aliphatic hydroxyl groups is 1. The predicted molar refractivity (Wildman–Crippen MR) is 67.4 cm³/mol. The van der Waals surface area contributed by atoms with Crippen molar-refractivity contribution < 1.29 is 14.6 Å². The average Bonchev–Trinajstić information content (AvgIpc) is 2.28. The van der Waals surface area contributed by atoms with Crippen LogP contribution in [0.3, 0.4) is 0 Å². The van der Waals surface area contributed by atoms with E-state index in [0.29, 0.717) is 13.0 Å². The molecule has 3 N–H and O–H groups in total. The number of ether oxygens (including phenoxy) is 2. The van der Waals surface area contributed by atoms with Crippen molar-refractivity contribution in [2.45, 2.75) is 32.4 Å². The zero-order valence-corrected chi connectivity index (χ0v) is 10.6. The van der Waals surface area contributed by atoms with Gasteiger partial charge >= 0.3 is 0 Å². The molecule has 0 aromatic heterocycles. The van der Waals surface area contributed by atoms with Crippen LogP contribution in [0.25, 0.3) is 0 Å². The van der Waals surface area contributed by atoms with Gasteiger partial charge in [-0.2, -0.15) is 0 Å². The molecule has 1 aromatic carbocycles. The van der Waals surface area contributed by atoms with Crippen LogP contribution in [0, 0.1) is 0 Å². The normalized spacial score (nSPS) is 14.2. The molecule has 96 valence electrons. The minimum atomic E-state index is -0.362. The van der Waals surface area contributed by atoms with E-state index in [0.717, 1.165) is 17.1 Å². The molecule has 1 aromatic rings. The molecule has 0 bridgehead atoms. The second kappa shape index (κ2) is 6.47. The maximum Gasteiger partial charge on any atom is 0.127 e. The molecule has 0 heterocycles. The molecular formula is C13H21NO3. The van der Waals surface area contributed by atoms with Gasteiger partial charge in [0.15, 0.2) is 0 Å². The molecule has 0 saturated heterocycles. The first-order valence-electron chi connectivity index (χ1n) is 5.79. The van der Waals surface area contributed by atoms with Gasteiger partial charge in [0.1, 0.15) is 11.5 Å². The van der Waals surface area contributed by atoms with Crippen LogP contribution >= 0.6 is 0 Å². The summed E-state index contributed by atoms with van der Waals surface area (Å²) in [4.78, 5) is 0. The Morgan fingerprint density at radius 1 is 1.35 bits per heavy atom. The summed E-state index contributed by atoms with van der Waals surface area (Å²) in [7, 11) is 1.61. The zero-order valence-electron chi connectivity index (χ0n) is 10.6. The average molecular weight is 239 g/mol. The molecule has 0 amide bonds. The van der Waals surface area contributed by atoms with Crippen LogP contribution < -0.4 is 15.2 Å². The third kappa shape index (κ3) is 4.24. The molecule has 0 aliphatic rings. The summed E-state index contributed by atoms with van der Waals surface area (Å²) in [6.07, 6.45) is 0.231. The topological polar surface area (TPSA) is 64.7 Å². The van der Waals surface area contributed by atoms with Crippen molar-refractivity contribution >= 4 is 0 Å². The number of aliphatic hydroxyl groups excluding tert-OH is 1. The molecule has 4 heteroatoms. The van der Waals surface area contributed by atoms with Gasteiger partial charge in [-0.1, -0.05) is 6.07 Å². The summed E-state index contributed by atoms with van der Waals surface area (Å²) in [5.41, 5.74) is 6.81. The molecule has 0 spiro atoms. The van der Waals surface area contributed by atoms with Gasteiger partial charge in [0.2, 0.25) is 0 Å². The molecule has 17 heavy (non-hydrogen) atoms. The summed E-state index contributed by atoms with van der Waals surface area (Å²) in [6.45, 7) is 4.11. The predicted octanol–water partition coefficient (Wildman–Crippen LogP) is 1.86. The van der Waals surface area contributed by atoms with Crippen LogP contribution in [0.4, 0.5) is 0 Å². The van der Waals surface area contributed by atoms with Crippen LogP contribution in [-0.4, -0.2) is 24.9 Å². The van der Waals surface area contributed by atoms with E-state index in [-0.39, 0.29) is 12.1 Å². The smallest absolute Gasteiger partial charge is 0.127 e. The molecule has 0 aliphatic carbocycles. The second-order valence-electron chi connectivity index (χ2n) is 4.18. The van der Waals surface area contributed by atoms with Crippen molar-refractivity contribution in [2.24, 2.45) is 5.73 Å². The van der Waals surface area contributed by atoms with Crippen LogP contribution in [-0.2, 0) is 0 Å². The maximum atomic E-state index is 9.18. The summed E-state index contributed by atoms with van der Waals surface area (Å²) in [6, 6.07) is 5.49. The van der Waals surface area contributed by atoms with E-state index in [4.69, 9.17) is 15.2 Å². The first-order chi connectivity index (χ1) is 8.04. The fraction of sp³-hybridized carbons (Fsp3) is 0.538. The van der Waals surface area contributed by atoms with Crippen LogP contribution in [0.2, 0.25) is 0 Å². The number of methoxy groups -OCH3 is 1.